The number of hydrogen-bond donors (Lipinski definition) is 1. The first kappa shape index (κ1) is 11.9. The molecular formula is C13H14BrN3O. The Kier molecular flexibility index (Phi) is 3.18. The maximum atomic E-state index is 9.20. The van der Waals surface area contributed by atoms with Gasteiger partial charge >= 0.3 is 0 Å². The lowest BCUT2D eigenvalue weighted by Gasteiger charge is -2.19. The molecule has 1 aromatic carbocycles. The number of halogens is 1. The van der Waals surface area contributed by atoms with Crippen molar-refractivity contribution in [3.63, 3.8) is 0 Å². The van der Waals surface area contributed by atoms with Gasteiger partial charge in [0, 0.05) is 35.5 Å². The Labute approximate surface area is 114 Å². The van der Waals surface area contributed by atoms with Crippen molar-refractivity contribution < 1.29 is 5.11 Å². The van der Waals surface area contributed by atoms with E-state index in [4.69, 9.17) is 0 Å². The molecular weight excluding hydrogens is 294 g/mol. The van der Waals surface area contributed by atoms with Gasteiger partial charge in [-0.05, 0) is 18.6 Å². The number of aromatic nitrogens is 3. The Balaban J connectivity index is 1.91. The zero-order valence-electron chi connectivity index (χ0n) is 9.88. The van der Waals surface area contributed by atoms with Crippen molar-refractivity contribution in [2.45, 2.75) is 19.4 Å². The molecule has 4 nitrogen and oxygen atoms in total. The van der Waals surface area contributed by atoms with Crippen LogP contribution in [0.15, 0.2) is 28.7 Å². The molecule has 3 rings (SSSR count). The zero-order valence-corrected chi connectivity index (χ0v) is 11.5. The third-order valence-electron chi connectivity index (χ3n) is 3.32. The van der Waals surface area contributed by atoms with E-state index >= 15 is 0 Å². The molecule has 0 spiro atoms. The van der Waals surface area contributed by atoms with Crippen molar-refractivity contribution >= 4 is 15.9 Å². The van der Waals surface area contributed by atoms with Crippen molar-refractivity contribution in [1.82, 2.24) is 14.8 Å². The molecule has 0 bridgehead atoms. The van der Waals surface area contributed by atoms with Crippen LogP contribution in [0, 0.1) is 5.92 Å². The topological polar surface area (TPSA) is 50.9 Å². The number of fused-ring (bicyclic) bond motifs is 1. The van der Waals surface area contributed by atoms with E-state index in [1.807, 2.05) is 28.9 Å². The minimum Gasteiger partial charge on any atom is -0.396 e. The van der Waals surface area contributed by atoms with Crippen LogP contribution in [0.4, 0.5) is 0 Å². The molecule has 0 saturated carbocycles. The van der Waals surface area contributed by atoms with Gasteiger partial charge in [-0.3, -0.25) is 0 Å². The molecule has 0 aliphatic carbocycles. The van der Waals surface area contributed by atoms with E-state index in [-0.39, 0.29) is 6.61 Å². The molecule has 1 atom stereocenters. The summed E-state index contributed by atoms with van der Waals surface area (Å²) in [5.74, 6) is 2.12. The fraction of sp³-hybridized carbons (Fsp3) is 0.385. The van der Waals surface area contributed by atoms with Crippen LogP contribution >= 0.6 is 15.9 Å². The molecule has 94 valence electrons. The highest BCUT2D eigenvalue weighted by atomic mass is 79.9. The average Bonchev–Trinajstić information content (AvgIpc) is 2.82. The Morgan fingerprint density at radius 1 is 1.33 bits per heavy atom. The predicted octanol–water partition coefficient (Wildman–Crippen LogP) is 2.26. The third kappa shape index (κ3) is 2.20. The molecule has 2 aromatic rings. The monoisotopic (exact) mass is 307 g/mol. The number of aryl methyl sites for hydroxylation is 1. The van der Waals surface area contributed by atoms with E-state index in [2.05, 4.69) is 26.0 Å². The van der Waals surface area contributed by atoms with Crippen LogP contribution < -0.4 is 0 Å². The van der Waals surface area contributed by atoms with Gasteiger partial charge in [0.25, 0.3) is 0 Å². The van der Waals surface area contributed by atoms with Gasteiger partial charge in [-0.25, -0.2) is 9.67 Å². The maximum absolute atomic E-state index is 9.20. The summed E-state index contributed by atoms with van der Waals surface area (Å²) in [6.07, 6.45) is 1.89. The van der Waals surface area contributed by atoms with Gasteiger partial charge in [0.05, 0.1) is 0 Å². The molecule has 0 fully saturated rings. The van der Waals surface area contributed by atoms with E-state index < -0.39 is 0 Å². The lowest BCUT2D eigenvalue weighted by atomic mass is 10.0. The first-order valence-corrected chi connectivity index (χ1v) is 6.86. The second kappa shape index (κ2) is 4.82. The van der Waals surface area contributed by atoms with E-state index in [0.717, 1.165) is 41.1 Å². The molecule has 18 heavy (non-hydrogen) atoms. The highest BCUT2D eigenvalue weighted by molar-refractivity contribution is 9.10. The molecule has 1 N–H and O–H groups in total. The number of hydrogen-bond acceptors (Lipinski definition) is 3. The Morgan fingerprint density at radius 2 is 2.11 bits per heavy atom. The van der Waals surface area contributed by atoms with Crippen molar-refractivity contribution in [2.24, 2.45) is 5.92 Å². The highest BCUT2D eigenvalue weighted by Gasteiger charge is 2.21. The van der Waals surface area contributed by atoms with Gasteiger partial charge in [-0.2, -0.15) is 5.10 Å². The Hall–Kier alpha value is -1.20. The van der Waals surface area contributed by atoms with Crippen LogP contribution in [0.5, 0.6) is 0 Å². The summed E-state index contributed by atoms with van der Waals surface area (Å²) < 4.78 is 2.98. The van der Waals surface area contributed by atoms with Crippen LogP contribution in [-0.4, -0.2) is 26.5 Å². The molecule has 2 heterocycles. The molecule has 1 unspecified atom stereocenters. The number of aliphatic hydroxyl groups excluding tert-OH is 1. The van der Waals surface area contributed by atoms with Crippen LogP contribution in [-0.2, 0) is 13.0 Å². The van der Waals surface area contributed by atoms with Crippen molar-refractivity contribution in [3.8, 4) is 11.4 Å². The smallest absolute Gasteiger partial charge is 0.181 e. The van der Waals surface area contributed by atoms with Crippen molar-refractivity contribution in [2.75, 3.05) is 6.61 Å². The summed E-state index contributed by atoms with van der Waals surface area (Å²) in [6.45, 7) is 1.00. The van der Waals surface area contributed by atoms with Gasteiger partial charge in [-0.15, -0.1) is 0 Å². The standard InChI is InChI=1S/C13H14BrN3O/c14-11-4-2-10(3-5-11)13-15-12-6-1-9(8-18)7-17(12)16-13/h2-5,9,18H,1,6-8H2. The van der Waals surface area contributed by atoms with Crippen molar-refractivity contribution in [1.29, 1.82) is 0 Å². The van der Waals surface area contributed by atoms with Crippen molar-refractivity contribution in [3.05, 3.63) is 34.6 Å². The van der Waals surface area contributed by atoms with Gasteiger partial charge in [0.15, 0.2) is 5.82 Å². The molecule has 0 saturated heterocycles. The number of rotatable bonds is 2. The number of nitrogens with zero attached hydrogens (tertiary/aromatic N) is 3. The largest absolute Gasteiger partial charge is 0.396 e. The lowest BCUT2D eigenvalue weighted by molar-refractivity contribution is 0.185. The fourth-order valence-corrected chi connectivity index (χ4v) is 2.51. The molecule has 0 radical (unpaired) electrons. The summed E-state index contributed by atoms with van der Waals surface area (Å²) in [4.78, 5) is 4.57. The first-order valence-electron chi connectivity index (χ1n) is 6.07. The SMILES string of the molecule is OCC1CCc2nc(-c3ccc(Br)cc3)nn2C1. The zero-order chi connectivity index (χ0) is 12.5. The average molecular weight is 308 g/mol. The normalized spacial score (nSPS) is 18.7. The minimum absolute atomic E-state index is 0.229. The minimum atomic E-state index is 0.229. The second-order valence-electron chi connectivity index (χ2n) is 4.63. The molecule has 5 heteroatoms. The summed E-state index contributed by atoms with van der Waals surface area (Å²) in [5, 5.41) is 13.7. The van der Waals surface area contributed by atoms with Gasteiger partial charge in [0.2, 0.25) is 0 Å². The van der Waals surface area contributed by atoms with Gasteiger partial charge in [-0.1, -0.05) is 28.1 Å². The van der Waals surface area contributed by atoms with E-state index in [1.54, 1.807) is 0 Å². The van der Waals surface area contributed by atoms with Crippen LogP contribution in [0.3, 0.4) is 0 Å². The van der Waals surface area contributed by atoms with Crippen LogP contribution in [0.1, 0.15) is 12.2 Å². The van der Waals surface area contributed by atoms with E-state index in [0.29, 0.717) is 5.92 Å². The first-order chi connectivity index (χ1) is 8.76. The third-order valence-corrected chi connectivity index (χ3v) is 3.84. The van der Waals surface area contributed by atoms with Gasteiger partial charge < -0.3 is 5.11 Å². The second-order valence-corrected chi connectivity index (χ2v) is 5.54. The quantitative estimate of drug-likeness (QED) is 0.926. The van der Waals surface area contributed by atoms with Crippen LogP contribution in [0.25, 0.3) is 11.4 Å². The summed E-state index contributed by atoms with van der Waals surface area (Å²) >= 11 is 3.42. The summed E-state index contributed by atoms with van der Waals surface area (Å²) in [6, 6.07) is 8.00. The summed E-state index contributed by atoms with van der Waals surface area (Å²) in [5.41, 5.74) is 1.03. The molecule has 1 aliphatic rings. The van der Waals surface area contributed by atoms with Crippen LogP contribution in [0.2, 0.25) is 0 Å². The summed E-state index contributed by atoms with van der Waals surface area (Å²) in [7, 11) is 0. The van der Waals surface area contributed by atoms with E-state index in [1.165, 1.54) is 0 Å². The molecule has 1 aliphatic heterocycles. The van der Waals surface area contributed by atoms with Gasteiger partial charge in [0.1, 0.15) is 5.82 Å². The maximum Gasteiger partial charge on any atom is 0.181 e. The number of aliphatic hydroxyl groups is 1. The number of benzene rings is 1. The highest BCUT2D eigenvalue weighted by Crippen LogP contribution is 2.23. The molecule has 1 aromatic heterocycles. The Bertz CT molecular complexity index is 550. The predicted molar refractivity (Wildman–Crippen MR) is 72.1 cm³/mol. The molecule has 0 amide bonds. The van der Waals surface area contributed by atoms with E-state index in [9.17, 15) is 5.11 Å². The fourth-order valence-electron chi connectivity index (χ4n) is 2.24. The Morgan fingerprint density at radius 3 is 2.83 bits per heavy atom. The lowest BCUT2D eigenvalue weighted by Crippen LogP contribution is -2.23.